The van der Waals surface area contributed by atoms with Crippen LogP contribution in [0.4, 0.5) is 13.2 Å². The minimum Gasteiger partial charge on any atom is -0.271 e. The molecule has 3 N–H and O–H groups in total. The van der Waals surface area contributed by atoms with Crippen LogP contribution >= 0.6 is 11.6 Å². The number of nitrogens with two attached hydrogens (primary N) is 1. The van der Waals surface area contributed by atoms with Gasteiger partial charge in [-0.3, -0.25) is 5.84 Å². The minimum atomic E-state index is -1.02. The van der Waals surface area contributed by atoms with E-state index in [1.165, 1.54) is 6.07 Å². The van der Waals surface area contributed by atoms with Crippen LogP contribution in [0.3, 0.4) is 0 Å². The van der Waals surface area contributed by atoms with Crippen molar-refractivity contribution in [3.63, 3.8) is 0 Å². The predicted molar refractivity (Wildman–Crippen MR) is 76.4 cm³/mol. The molecule has 0 saturated heterocycles. The number of rotatable bonds is 3. The molecule has 0 aliphatic carbocycles. The number of hydrogen-bond acceptors (Lipinski definition) is 2. The first-order chi connectivity index (χ1) is 9.85. The molecule has 0 spiro atoms. The molecular weight excluding hydrogens is 301 g/mol. The second-order valence-corrected chi connectivity index (χ2v) is 5.27. The fraction of sp³-hybridized carbons (Fsp3) is 0.200. The van der Waals surface area contributed by atoms with E-state index in [0.717, 1.165) is 17.7 Å². The first-order valence-corrected chi connectivity index (χ1v) is 6.60. The van der Waals surface area contributed by atoms with Crippen molar-refractivity contribution in [3.05, 3.63) is 69.0 Å². The monoisotopic (exact) mass is 314 g/mol. The van der Waals surface area contributed by atoms with Crippen molar-refractivity contribution in [1.29, 1.82) is 0 Å². The van der Waals surface area contributed by atoms with Gasteiger partial charge in [0.15, 0.2) is 0 Å². The van der Waals surface area contributed by atoms with Crippen molar-refractivity contribution in [2.24, 2.45) is 5.84 Å². The zero-order valence-electron chi connectivity index (χ0n) is 11.5. The van der Waals surface area contributed by atoms with E-state index in [0.29, 0.717) is 5.56 Å². The molecule has 0 fully saturated rings. The van der Waals surface area contributed by atoms with Gasteiger partial charge in [-0.2, -0.15) is 0 Å². The Kier molecular flexibility index (Phi) is 4.56. The lowest BCUT2D eigenvalue weighted by Crippen LogP contribution is -2.31. The molecule has 2 nitrogen and oxygen atoms in total. The molecule has 6 heteroatoms. The Morgan fingerprint density at radius 2 is 1.67 bits per heavy atom. The average Bonchev–Trinajstić information content (AvgIpc) is 2.38. The summed E-state index contributed by atoms with van der Waals surface area (Å²) in [6.45, 7) is 3.42. The van der Waals surface area contributed by atoms with E-state index in [1.807, 2.05) is 0 Å². The Morgan fingerprint density at radius 1 is 1.00 bits per heavy atom. The molecular formula is C15H14ClF3N2. The second-order valence-electron chi connectivity index (χ2n) is 4.86. The van der Waals surface area contributed by atoms with E-state index in [9.17, 15) is 13.2 Å². The maximum Gasteiger partial charge on any atom is 0.142 e. The molecule has 0 aromatic heterocycles. The molecule has 0 radical (unpaired) electrons. The van der Waals surface area contributed by atoms with Gasteiger partial charge in [0.05, 0.1) is 11.1 Å². The molecule has 0 aliphatic rings. The van der Waals surface area contributed by atoms with Gasteiger partial charge in [-0.15, -0.1) is 0 Å². The molecule has 2 aromatic carbocycles. The Bertz CT molecular complexity index is 666. The van der Waals surface area contributed by atoms with E-state index in [-0.39, 0.29) is 16.1 Å². The number of benzene rings is 2. The topological polar surface area (TPSA) is 38.0 Å². The summed E-state index contributed by atoms with van der Waals surface area (Å²) in [5, 5.41) is -0.340. The van der Waals surface area contributed by atoms with E-state index >= 15 is 0 Å². The van der Waals surface area contributed by atoms with E-state index in [2.05, 4.69) is 5.43 Å². The van der Waals surface area contributed by atoms with Crippen molar-refractivity contribution >= 4 is 11.6 Å². The van der Waals surface area contributed by atoms with Crippen molar-refractivity contribution in [2.45, 2.75) is 19.9 Å². The molecule has 1 unspecified atom stereocenters. The van der Waals surface area contributed by atoms with Crippen LogP contribution in [0.15, 0.2) is 24.3 Å². The standard InChI is InChI=1S/C15H14ClF3N2/c1-7-3-8(2)14(13(19)4-7)15(21-20)9-5-12(18)10(16)6-11(9)17/h3-6,15,21H,20H2,1-2H3. The van der Waals surface area contributed by atoms with E-state index in [1.54, 1.807) is 19.9 Å². The highest BCUT2D eigenvalue weighted by Crippen LogP contribution is 2.31. The van der Waals surface area contributed by atoms with Crippen LogP contribution in [0.2, 0.25) is 5.02 Å². The highest BCUT2D eigenvalue weighted by Gasteiger charge is 2.23. The molecule has 0 amide bonds. The molecule has 1 atom stereocenters. The molecule has 2 aromatic rings. The maximum absolute atomic E-state index is 14.2. The van der Waals surface area contributed by atoms with Crippen LogP contribution in [0.5, 0.6) is 0 Å². The Balaban J connectivity index is 2.63. The van der Waals surface area contributed by atoms with Gasteiger partial charge in [0.2, 0.25) is 0 Å². The highest BCUT2D eigenvalue weighted by atomic mass is 35.5. The van der Waals surface area contributed by atoms with Crippen molar-refractivity contribution in [2.75, 3.05) is 0 Å². The van der Waals surface area contributed by atoms with Crippen molar-refractivity contribution < 1.29 is 13.2 Å². The third kappa shape index (κ3) is 3.05. The first kappa shape index (κ1) is 15.8. The summed E-state index contributed by atoms with van der Waals surface area (Å²) in [6, 6.07) is 3.81. The van der Waals surface area contributed by atoms with Crippen LogP contribution in [0, 0.1) is 31.3 Å². The number of aryl methyl sites for hydroxylation is 2. The van der Waals surface area contributed by atoms with Crippen LogP contribution in [0.1, 0.15) is 28.3 Å². The largest absolute Gasteiger partial charge is 0.271 e. The Hall–Kier alpha value is -1.56. The molecule has 0 aliphatic heterocycles. The summed E-state index contributed by atoms with van der Waals surface area (Å²) in [5.74, 6) is 3.34. The van der Waals surface area contributed by atoms with E-state index in [4.69, 9.17) is 17.4 Å². The lowest BCUT2D eigenvalue weighted by molar-refractivity contribution is 0.521. The predicted octanol–water partition coefficient (Wildman–Crippen LogP) is 3.93. The van der Waals surface area contributed by atoms with Gasteiger partial charge in [0.1, 0.15) is 17.5 Å². The van der Waals surface area contributed by atoms with E-state index < -0.39 is 23.5 Å². The van der Waals surface area contributed by atoms with Gasteiger partial charge < -0.3 is 0 Å². The molecule has 0 heterocycles. The molecule has 112 valence electrons. The number of hydrogen-bond donors (Lipinski definition) is 2. The number of halogens is 4. The smallest absolute Gasteiger partial charge is 0.142 e. The summed E-state index contributed by atoms with van der Waals surface area (Å²) in [5.41, 5.74) is 3.71. The average molecular weight is 315 g/mol. The zero-order valence-corrected chi connectivity index (χ0v) is 12.2. The van der Waals surface area contributed by atoms with Gasteiger partial charge in [-0.05, 0) is 43.2 Å². The SMILES string of the molecule is Cc1cc(C)c(C(NN)c2cc(F)c(Cl)cc2F)c(F)c1. The number of hydrazine groups is 1. The maximum atomic E-state index is 14.2. The molecule has 0 bridgehead atoms. The zero-order chi connectivity index (χ0) is 15.7. The lowest BCUT2D eigenvalue weighted by Gasteiger charge is -2.21. The van der Waals surface area contributed by atoms with Crippen LogP contribution in [0.25, 0.3) is 0 Å². The minimum absolute atomic E-state index is 0.106. The summed E-state index contributed by atoms with van der Waals surface area (Å²) in [4.78, 5) is 0. The Labute approximate surface area is 125 Å². The highest BCUT2D eigenvalue weighted by molar-refractivity contribution is 6.30. The Morgan fingerprint density at radius 3 is 2.24 bits per heavy atom. The third-order valence-electron chi connectivity index (χ3n) is 3.29. The normalized spacial score (nSPS) is 12.5. The van der Waals surface area contributed by atoms with Gasteiger partial charge >= 0.3 is 0 Å². The van der Waals surface area contributed by atoms with Gasteiger partial charge in [0, 0.05) is 11.1 Å². The van der Waals surface area contributed by atoms with Crippen LogP contribution in [-0.2, 0) is 0 Å². The number of nitrogens with one attached hydrogen (secondary N) is 1. The summed E-state index contributed by atoms with van der Waals surface area (Å²) < 4.78 is 41.8. The molecule has 0 saturated carbocycles. The molecule has 21 heavy (non-hydrogen) atoms. The van der Waals surface area contributed by atoms with Crippen molar-refractivity contribution in [1.82, 2.24) is 5.43 Å². The third-order valence-corrected chi connectivity index (χ3v) is 3.58. The van der Waals surface area contributed by atoms with Gasteiger partial charge in [0.25, 0.3) is 0 Å². The fourth-order valence-electron chi connectivity index (χ4n) is 2.38. The van der Waals surface area contributed by atoms with Crippen LogP contribution < -0.4 is 11.3 Å². The second kappa shape index (κ2) is 6.05. The van der Waals surface area contributed by atoms with Crippen LogP contribution in [-0.4, -0.2) is 0 Å². The van der Waals surface area contributed by atoms with Gasteiger partial charge in [-0.25, -0.2) is 18.6 Å². The summed E-state index contributed by atoms with van der Waals surface area (Å²) >= 11 is 5.52. The summed E-state index contributed by atoms with van der Waals surface area (Å²) in [6.07, 6.45) is 0. The fourth-order valence-corrected chi connectivity index (χ4v) is 2.53. The van der Waals surface area contributed by atoms with Gasteiger partial charge in [-0.1, -0.05) is 17.7 Å². The first-order valence-electron chi connectivity index (χ1n) is 6.22. The lowest BCUT2D eigenvalue weighted by atomic mass is 9.93. The summed E-state index contributed by atoms with van der Waals surface area (Å²) in [7, 11) is 0. The quantitative estimate of drug-likeness (QED) is 0.512. The molecule has 2 rings (SSSR count). The van der Waals surface area contributed by atoms with Crippen molar-refractivity contribution in [3.8, 4) is 0 Å².